The lowest BCUT2D eigenvalue weighted by Gasteiger charge is -2.34. The first-order chi connectivity index (χ1) is 17.1. The molecule has 196 valence electrons. The molecule has 1 aliphatic rings. The summed E-state index contributed by atoms with van der Waals surface area (Å²) in [5.74, 6) is -0.667. The topological polar surface area (TPSA) is 86.8 Å². The fraction of sp³-hybridized carbons (Fsp3) is 0.481. The zero-order valence-corrected chi connectivity index (χ0v) is 22.8. The Hall–Kier alpha value is -2.58. The second kappa shape index (κ2) is 12.6. The first kappa shape index (κ1) is 28.0. The highest BCUT2D eigenvalue weighted by Gasteiger charge is 2.33. The van der Waals surface area contributed by atoms with Crippen LogP contribution in [0.3, 0.4) is 0 Å². The van der Waals surface area contributed by atoms with Gasteiger partial charge in [-0.2, -0.15) is 0 Å². The standard InChI is InChI=1S/C27H36ClN3O4S/c1-4-24(27(33)29-22-10-6-5-7-11-22)30(18-21-16-14-20(2)15-17-21)26(32)19-31(36(3,34)35)25-13-9-8-12-23(25)28/h8-9,12-17,22,24H,4-7,10-11,18-19H2,1-3H3,(H,29,33). The molecule has 0 aromatic heterocycles. The molecule has 0 heterocycles. The molecule has 0 aliphatic heterocycles. The van der Waals surface area contributed by atoms with Gasteiger partial charge in [-0.1, -0.05) is 79.7 Å². The van der Waals surface area contributed by atoms with Gasteiger partial charge >= 0.3 is 0 Å². The van der Waals surface area contributed by atoms with E-state index < -0.39 is 28.5 Å². The van der Waals surface area contributed by atoms with Gasteiger partial charge in [0.2, 0.25) is 21.8 Å². The number of para-hydroxylation sites is 1. The molecule has 7 nitrogen and oxygen atoms in total. The number of hydrogen-bond acceptors (Lipinski definition) is 4. The Morgan fingerprint density at radius 3 is 2.28 bits per heavy atom. The van der Waals surface area contributed by atoms with Crippen molar-refractivity contribution >= 4 is 39.1 Å². The van der Waals surface area contributed by atoms with Crippen LogP contribution in [0.1, 0.15) is 56.6 Å². The van der Waals surface area contributed by atoms with Crippen LogP contribution in [0.2, 0.25) is 5.02 Å². The van der Waals surface area contributed by atoms with Crippen LogP contribution in [0.4, 0.5) is 5.69 Å². The summed E-state index contributed by atoms with van der Waals surface area (Å²) >= 11 is 6.29. The van der Waals surface area contributed by atoms with Crippen LogP contribution in [-0.2, 0) is 26.2 Å². The van der Waals surface area contributed by atoms with E-state index in [1.165, 1.54) is 11.3 Å². The molecular formula is C27H36ClN3O4S. The number of aryl methyl sites for hydroxylation is 1. The van der Waals surface area contributed by atoms with E-state index >= 15 is 0 Å². The summed E-state index contributed by atoms with van der Waals surface area (Å²) in [6, 6.07) is 13.6. The Bertz CT molecular complexity index is 1150. The quantitative estimate of drug-likeness (QED) is 0.481. The maximum Gasteiger partial charge on any atom is 0.244 e. The summed E-state index contributed by atoms with van der Waals surface area (Å²) in [6.45, 7) is 3.58. The van der Waals surface area contributed by atoms with Crippen molar-refractivity contribution in [3.63, 3.8) is 0 Å². The fourth-order valence-electron chi connectivity index (χ4n) is 4.60. The molecule has 3 rings (SSSR count). The molecule has 2 aromatic rings. The zero-order valence-electron chi connectivity index (χ0n) is 21.2. The second-order valence-corrected chi connectivity index (χ2v) is 11.8. The Morgan fingerprint density at radius 2 is 1.69 bits per heavy atom. The lowest BCUT2D eigenvalue weighted by Crippen LogP contribution is -2.54. The van der Waals surface area contributed by atoms with Crippen molar-refractivity contribution in [3.05, 3.63) is 64.7 Å². The molecule has 1 saturated carbocycles. The summed E-state index contributed by atoms with van der Waals surface area (Å²) in [5, 5.41) is 3.36. The third-order valence-corrected chi connectivity index (χ3v) is 8.06. The second-order valence-electron chi connectivity index (χ2n) is 9.50. The van der Waals surface area contributed by atoms with Crippen molar-refractivity contribution in [2.24, 2.45) is 0 Å². The van der Waals surface area contributed by atoms with Crippen LogP contribution in [0, 0.1) is 6.92 Å². The Labute approximate surface area is 219 Å². The molecule has 1 atom stereocenters. The van der Waals surface area contributed by atoms with Crippen LogP contribution in [0.5, 0.6) is 0 Å². The van der Waals surface area contributed by atoms with Crippen LogP contribution in [0.15, 0.2) is 48.5 Å². The van der Waals surface area contributed by atoms with Crippen LogP contribution < -0.4 is 9.62 Å². The average molecular weight is 534 g/mol. The molecule has 0 saturated heterocycles. The minimum atomic E-state index is -3.82. The van der Waals surface area contributed by atoms with Gasteiger partial charge in [-0.05, 0) is 43.9 Å². The minimum Gasteiger partial charge on any atom is -0.352 e. The van der Waals surface area contributed by atoms with Gasteiger partial charge in [0, 0.05) is 12.6 Å². The number of amides is 2. The number of benzene rings is 2. The Balaban J connectivity index is 1.91. The van der Waals surface area contributed by atoms with Crippen molar-refractivity contribution in [1.29, 1.82) is 0 Å². The van der Waals surface area contributed by atoms with Crippen molar-refractivity contribution in [2.45, 2.75) is 71.0 Å². The van der Waals surface area contributed by atoms with Gasteiger partial charge in [-0.3, -0.25) is 13.9 Å². The molecule has 0 bridgehead atoms. The largest absolute Gasteiger partial charge is 0.352 e. The maximum atomic E-state index is 13.7. The summed E-state index contributed by atoms with van der Waals surface area (Å²) in [4.78, 5) is 28.6. The molecule has 1 unspecified atom stereocenters. The van der Waals surface area contributed by atoms with E-state index in [0.29, 0.717) is 6.42 Å². The highest BCUT2D eigenvalue weighted by atomic mass is 35.5. The highest BCUT2D eigenvalue weighted by Crippen LogP contribution is 2.28. The number of nitrogens with one attached hydrogen (secondary N) is 1. The average Bonchev–Trinajstić information content (AvgIpc) is 2.84. The van der Waals surface area contributed by atoms with E-state index in [4.69, 9.17) is 11.6 Å². The van der Waals surface area contributed by atoms with Crippen molar-refractivity contribution < 1.29 is 18.0 Å². The van der Waals surface area contributed by atoms with E-state index in [0.717, 1.165) is 47.4 Å². The Morgan fingerprint density at radius 1 is 1.06 bits per heavy atom. The lowest BCUT2D eigenvalue weighted by molar-refractivity contribution is -0.140. The number of anilines is 1. The highest BCUT2D eigenvalue weighted by molar-refractivity contribution is 7.92. The molecule has 36 heavy (non-hydrogen) atoms. The van der Waals surface area contributed by atoms with E-state index in [-0.39, 0.29) is 29.2 Å². The fourth-order valence-corrected chi connectivity index (χ4v) is 5.75. The molecule has 1 N–H and O–H groups in total. The van der Waals surface area contributed by atoms with Crippen molar-refractivity contribution in [1.82, 2.24) is 10.2 Å². The van der Waals surface area contributed by atoms with Crippen molar-refractivity contribution in [2.75, 3.05) is 17.1 Å². The number of rotatable bonds is 10. The molecule has 1 aliphatic carbocycles. The lowest BCUT2D eigenvalue weighted by atomic mass is 9.95. The predicted molar refractivity (Wildman–Crippen MR) is 144 cm³/mol. The van der Waals surface area contributed by atoms with E-state index in [1.54, 1.807) is 24.3 Å². The summed E-state index contributed by atoms with van der Waals surface area (Å²) in [7, 11) is -3.82. The number of hydrogen-bond donors (Lipinski definition) is 1. The smallest absolute Gasteiger partial charge is 0.244 e. The summed E-state index contributed by atoms with van der Waals surface area (Å²) < 4.78 is 26.4. The van der Waals surface area contributed by atoms with Crippen molar-refractivity contribution in [3.8, 4) is 0 Å². The molecule has 2 aromatic carbocycles. The molecule has 9 heteroatoms. The third kappa shape index (κ3) is 7.46. The summed E-state index contributed by atoms with van der Waals surface area (Å²) in [6.07, 6.45) is 6.64. The predicted octanol–water partition coefficient (Wildman–Crippen LogP) is 4.67. The third-order valence-electron chi connectivity index (χ3n) is 6.61. The van der Waals surface area contributed by atoms with Crippen LogP contribution in [0.25, 0.3) is 0 Å². The molecular weight excluding hydrogens is 498 g/mol. The molecule has 1 fully saturated rings. The molecule has 2 amide bonds. The van der Waals surface area contributed by atoms with Gasteiger partial charge in [0.05, 0.1) is 17.0 Å². The normalized spacial score (nSPS) is 15.2. The van der Waals surface area contributed by atoms with Gasteiger partial charge in [0.1, 0.15) is 12.6 Å². The summed E-state index contributed by atoms with van der Waals surface area (Å²) in [5.41, 5.74) is 2.17. The van der Waals surface area contributed by atoms with Crippen LogP contribution in [-0.4, -0.2) is 50.0 Å². The molecule has 0 spiro atoms. The number of halogens is 1. The van der Waals surface area contributed by atoms with Gasteiger partial charge in [-0.15, -0.1) is 0 Å². The maximum absolute atomic E-state index is 13.7. The monoisotopic (exact) mass is 533 g/mol. The van der Waals surface area contributed by atoms with E-state index in [1.807, 2.05) is 38.1 Å². The van der Waals surface area contributed by atoms with Gasteiger partial charge in [0.15, 0.2) is 0 Å². The number of carbonyl (C=O) groups is 2. The van der Waals surface area contributed by atoms with Gasteiger partial charge in [-0.25, -0.2) is 8.42 Å². The minimum absolute atomic E-state index is 0.104. The zero-order chi connectivity index (χ0) is 26.3. The van der Waals surface area contributed by atoms with Gasteiger partial charge < -0.3 is 10.2 Å². The van der Waals surface area contributed by atoms with Gasteiger partial charge in [0.25, 0.3) is 0 Å². The first-order valence-corrected chi connectivity index (χ1v) is 14.7. The SMILES string of the molecule is CCC(C(=O)NC1CCCCC1)N(Cc1ccc(C)cc1)C(=O)CN(c1ccccc1Cl)S(C)(=O)=O. The van der Waals surface area contributed by atoms with Crippen LogP contribution >= 0.6 is 11.6 Å². The Kier molecular flexibility index (Phi) is 9.79. The van der Waals surface area contributed by atoms with E-state index in [9.17, 15) is 18.0 Å². The number of nitrogens with zero attached hydrogens (tertiary/aromatic N) is 2. The number of sulfonamides is 1. The first-order valence-electron chi connectivity index (χ1n) is 12.5. The number of carbonyl (C=O) groups excluding carboxylic acids is 2. The molecule has 0 radical (unpaired) electrons. The van der Waals surface area contributed by atoms with E-state index in [2.05, 4.69) is 5.32 Å².